The van der Waals surface area contributed by atoms with Crippen molar-refractivity contribution in [2.24, 2.45) is 0 Å². The summed E-state index contributed by atoms with van der Waals surface area (Å²) in [5.41, 5.74) is 8.47. The van der Waals surface area contributed by atoms with Crippen LogP contribution in [0.4, 0.5) is 5.69 Å². The average Bonchev–Trinajstić information content (AvgIpc) is 2.41. The molecule has 0 unspecified atom stereocenters. The van der Waals surface area contributed by atoms with E-state index >= 15 is 0 Å². The van der Waals surface area contributed by atoms with Gasteiger partial charge in [0.05, 0.1) is 5.56 Å². The minimum Gasteiger partial charge on any atom is -0.457 e. The predicted octanol–water partition coefficient (Wildman–Crippen LogP) is 3.59. The Balaban J connectivity index is 2.05. The molecule has 2 N–H and O–H groups in total. The van der Waals surface area contributed by atoms with E-state index in [1.54, 1.807) is 37.3 Å². The molecule has 0 saturated heterocycles. The summed E-state index contributed by atoms with van der Waals surface area (Å²) in [4.78, 5) is 12.0. The number of halogens is 1. The van der Waals surface area contributed by atoms with Crippen molar-refractivity contribution in [1.82, 2.24) is 0 Å². The average molecular weight is 276 g/mol. The molecule has 0 spiro atoms. The molecule has 98 valence electrons. The van der Waals surface area contributed by atoms with Crippen molar-refractivity contribution >= 4 is 23.3 Å². The van der Waals surface area contributed by atoms with Crippen molar-refractivity contribution in [2.45, 2.75) is 13.5 Å². The first-order valence-electron chi connectivity index (χ1n) is 5.84. The largest absolute Gasteiger partial charge is 0.457 e. The summed E-state index contributed by atoms with van der Waals surface area (Å²) in [5.74, 6) is -0.375. The second-order valence-corrected chi connectivity index (χ2v) is 4.66. The first-order chi connectivity index (χ1) is 9.08. The SMILES string of the molecule is Cc1c(N)cccc1C(=O)OCc1ccc(Cl)cc1. The van der Waals surface area contributed by atoms with Gasteiger partial charge in [-0.05, 0) is 42.3 Å². The van der Waals surface area contributed by atoms with Crippen molar-refractivity contribution in [3.8, 4) is 0 Å². The maximum Gasteiger partial charge on any atom is 0.338 e. The molecule has 2 aromatic carbocycles. The van der Waals surface area contributed by atoms with E-state index in [0.717, 1.165) is 11.1 Å². The number of nitrogens with two attached hydrogens (primary N) is 1. The summed E-state index contributed by atoms with van der Waals surface area (Å²) in [6, 6.07) is 12.4. The lowest BCUT2D eigenvalue weighted by molar-refractivity contribution is 0.0472. The molecule has 2 aromatic rings. The van der Waals surface area contributed by atoms with Gasteiger partial charge in [0.1, 0.15) is 6.61 Å². The number of hydrogen-bond acceptors (Lipinski definition) is 3. The zero-order valence-corrected chi connectivity index (χ0v) is 11.3. The Morgan fingerprint density at radius 1 is 1.21 bits per heavy atom. The van der Waals surface area contributed by atoms with Crippen molar-refractivity contribution in [3.05, 3.63) is 64.2 Å². The number of benzene rings is 2. The third-order valence-corrected chi connectivity index (χ3v) is 3.13. The summed E-state index contributed by atoms with van der Waals surface area (Å²) in [6.45, 7) is 2.01. The van der Waals surface area contributed by atoms with E-state index in [1.165, 1.54) is 0 Å². The quantitative estimate of drug-likeness (QED) is 0.688. The number of nitrogen functional groups attached to an aromatic ring is 1. The van der Waals surface area contributed by atoms with Crippen LogP contribution in [0.3, 0.4) is 0 Å². The molecular weight excluding hydrogens is 262 g/mol. The molecule has 0 bridgehead atoms. The highest BCUT2D eigenvalue weighted by atomic mass is 35.5. The normalized spacial score (nSPS) is 10.2. The summed E-state index contributed by atoms with van der Waals surface area (Å²) >= 11 is 5.79. The number of carbonyl (C=O) groups excluding carboxylic acids is 1. The first-order valence-corrected chi connectivity index (χ1v) is 6.22. The molecule has 0 amide bonds. The summed E-state index contributed by atoms with van der Waals surface area (Å²) in [5, 5.41) is 0.654. The Kier molecular flexibility index (Phi) is 4.07. The molecule has 19 heavy (non-hydrogen) atoms. The molecule has 0 fully saturated rings. The molecule has 0 aliphatic rings. The van der Waals surface area contributed by atoms with Gasteiger partial charge in [-0.25, -0.2) is 4.79 Å². The molecule has 3 nitrogen and oxygen atoms in total. The van der Waals surface area contributed by atoms with Crippen LogP contribution in [-0.4, -0.2) is 5.97 Å². The lowest BCUT2D eigenvalue weighted by atomic mass is 10.1. The van der Waals surface area contributed by atoms with E-state index in [4.69, 9.17) is 22.1 Å². The van der Waals surface area contributed by atoms with Crippen molar-refractivity contribution in [3.63, 3.8) is 0 Å². The van der Waals surface area contributed by atoms with E-state index in [9.17, 15) is 4.79 Å². The molecule has 0 aliphatic carbocycles. The fraction of sp³-hybridized carbons (Fsp3) is 0.133. The first kappa shape index (κ1) is 13.4. The predicted molar refractivity (Wildman–Crippen MR) is 76.2 cm³/mol. The van der Waals surface area contributed by atoms with Crippen LogP contribution in [-0.2, 0) is 11.3 Å². The summed E-state index contributed by atoms with van der Waals surface area (Å²) < 4.78 is 5.25. The second kappa shape index (κ2) is 5.76. The highest BCUT2D eigenvalue weighted by molar-refractivity contribution is 6.30. The van der Waals surface area contributed by atoms with E-state index in [1.807, 2.05) is 12.1 Å². The van der Waals surface area contributed by atoms with Gasteiger partial charge in [-0.15, -0.1) is 0 Å². The smallest absolute Gasteiger partial charge is 0.338 e. The molecule has 0 aliphatic heterocycles. The van der Waals surface area contributed by atoms with Gasteiger partial charge in [-0.3, -0.25) is 0 Å². The van der Waals surface area contributed by atoms with E-state index in [-0.39, 0.29) is 12.6 Å². The van der Waals surface area contributed by atoms with E-state index < -0.39 is 0 Å². The minimum absolute atomic E-state index is 0.213. The minimum atomic E-state index is -0.375. The molecular formula is C15H14ClNO2. The molecule has 4 heteroatoms. The van der Waals surface area contributed by atoms with Gasteiger partial charge in [0, 0.05) is 10.7 Å². The number of esters is 1. The number of anilines is 1. The number of ether oxygens (including phenoxy) is 1. The van der Waals surface area contributed by atoms with Crippen LogP contribution in [0.2, 0.25) is 5.02 Å². The van der Waals surface area contributed by atoms with Gasteiger partial charge in [-0.2, -0.15) is 0 Å². The van der Waals surface area contributed by atoms with Crippen LogP contribution in [0.1, 0.15) is 21.5 Å². The fourth-order valence-electron chi connectivity index (χ4n) is 1.68. The third kappa shape index (κ3) is 3.26. The van der Waals surface area contributed by atoms with Gasteiger partial charge >= 0.3 is 5.97 Å². The molecule has 2 rings (SSSR count). The van der Waals surface area contributed by atoms with Gasteiger partial charge in [0.25, 0.3) is 0 Å². The van der Waals surface area contributed by atoms with Crippen LogP contribution in [0.25, 0.3) is 0 Å². The number of hydrogen-bond donors (Lipinski definition) is 1. The monoisotopic (exact) mass is 275 g/mol. The maximum absolute atomic E-state index is 12.0. The molecule has 0 heterocycles. The Hall–Kier alpha value is -2.00. The van der Waals surface area contributed by atoms with Crippen LogP contribution in [0, 0.1) is 6.92 Å². The second-order valence-electron chi connectivity index (χ2n) is 4.22. The van der Waals surface area contributed by atoms with Crippen LogP contribution < -0.4 is 5.73 Å². The highest BCUT2D eigenvalue weighted by Crippen LogP contribution is 2.17. The van der Waals surface area contributed by atoms with Crippen molar-refractivity contribution in [2.75, 3.05) is 5.73 Å². The van der Waals surface area contributed by atoms with Crippen molar-refractivity contribution < 1.29 is 9.53 Å². The van der Waals surface area contributed by atoms with E-state index in [0.29, 0.717) is 16.3 Å². The Morgan fingerprint density at radius 3 is 2.58 bits per heavy atom. The van der Waals surface area contributed by atoms with Crippen LogP contribution in [0.5, 0.6) is 0 Å². The zero-order chi connectivity index (χ0) is 13.8. The van der Waals surface area contributed by atoms with Crippen LogP contribution in [0.15, 0.2) is 42.5 Å². The van der Waals surface area contributed by atoms with Crippen molar-refractivity contribution in [1.29, 1.82) is 0 Å². The van der Waals surface area contributed by atoms with E-state index in [2.05, 4.69) is 0 Å². The summed E-state index contributed by atoms with van der Waals surface area (Å²) in [6.07, 6.45) is 0. The van der Waals surface area contributed by atoms with Crippen LogP contribution >= 0.6 is 11.6 Å². The Morgan fingerprint density at radius 2 is 1.89 bits per heavy atom. The number of carbonyl (C=O) groups is 1. The van der Waals surface area contributed by atoms with Gasteiger partial charge in [-0.1, -0.05) is 29.8 Å². The van der Waals surface area contributed by atoms with Gasteiger partial charge in [0.15, 0.2) is 0 Å². The zero-order valence-electron chi connectivity index (χ0n) is 10.5. The molecule has 0 saturated carbocycles. The Bertz CT molecular complexity index is 594. The molecule has 0 atom stereocenters. The lowest BCUT2D eigenvalue weighted by Crippen LogP contribution is -2.08. The molecule has 0 radical (unpaired) electrons. The highest BCUT2D eigenvalue weighted by Gasteiger charge is 2.11. The Labute approximate surface area is 117 Å². The van der Waals surface area contributed by atoms with Gasteiger partial charge in [0.2, 0.25) is 0 Å². The maximum atomic E-state index is 12.0. The van der Waals surface area contributed by atoms with Gasteiger partial charge < -0.3 is 10.5 Å². The fourth-order valence-corrected chi connectivity index (χ4v) is 1.81. The third-order valence-electron chi connectivity index (χ3n) is 2.88. The lowest BCUT2D eigenvalue weighted by Gasteiger charge is -2.08. The summed E-state index contributed by atoms with van der Waals surface area (Å²) in [7, 11) is 0. The molecule has 0 aromatic heterocycles. The topological polar surface area (TPSA) is 52.3 Å². The standard InChI is InChI=1S/C15H14ClNO2/c1-10-13(3-2-4-14(10)17)15(18)19-9-11-5-7-12(16)8-6-11/h2-8H,9,17H2,1H3. The number of rotatable bonds is 3.